The first kappa shape index (κ1) is 18.7. The molecule has 0 aliphatic rings. The molecule has 0 fully saturated rings. The summed E-state index contributed by atoms with van der Waals surface area (Å²) in [5, 5.41) is 2.97. The lowest BCUT2D eigenvalue weighted by atomic mass is 10.2. The van der Waals surface area contributed by atoms with E-state index >= 15 is 0 Å². The number of rotatable bonds is 6. The molecule has 0 atom stereocenters. The Morgan fingerprint density at radius 3 is 2.25 bits per heavy atom. The highest BCUT2D eigenvalue weighted by Gasteiger charge is 2.11. The first-order valence-corrected chi connectivity index (χ1v) is 7.70. The smallest absolute Gasteiger partial charge is 0.253 e. The average Bonchev–Trinajstić information content (AvgIpc) is 2.34. The molecular weight excluding hydrogens is 302 g/mol. The van der Waals surface area contributed by atoms with E-state index in [9.17, 15) is 13.2 Å². The van der Waals surface area contributed by atoms with Crippen molar-refractivity contribution in [2.24, 2.45) is 0 Å². The number of anilines is 1. The fourth-order valence-corrected chi connectivity index (χ4v) is 2.06. The van der Waals surface area contributed by atoms with E-state index in [1.54, 1.807) is 36.2 Å². The second kappa shape index (κ2) is 8.08. The van der Waals surface area contributed by atoms with E-state index in [2.05, 4.69) is 10.0 Å². The summed E-state index contributed by atoms with van der Waals surface area (Å²) in [6.07, 6.45) is 1.08. The summed E-state index contributed by atoms with van der Waals surface area (Å²) < 4.78 is 24.5. The molecule has 0 aromatic heterocycles. The van der Waals surface area contributed by atoms with Crippen molar-refractivity contribution >= 4 is 34.0 Å². The third kappa shape index (κ3) is 6.23. The number of hydrogen-bond acceptors (Lipinski definition) is 4. The minimum Gasteiger partial charge on any atom is -0.340 e. The fourth-order valence-electron chi connectivity index (χ4n) is 1.50. The lowest BCUT2D eigenvalue weighted by Gasteiger charge is -2.17. The van der Waals surface area contributed by atoms with Gasteiger partial charge in [0.15, 0.2) is 0 Å². The molecular formula is C12H20ClN3O3S. The van der Waals surface area contributed by atoms with Gasteiger partial charge >= 0.3 is 0 Å². The molecule has 6 nitrogen and oxygen atoms in total. The summed E-state index contributed by atoms with van der Waals surface area (Å²) in [5.74, 6) is -0.0962. The van der Waals surface area contributed by atoms with Crippen molar-refractivity contribution in [1.82, 2.24) is 10.2 Å². The van der Waals surface area contributed by atoms with Crippen LogP contribution in [0.25, 0.3) is 0 Å². The molecule has 1 rings (SSSR count). The van der Waals surface area contributed by atoms with Crippen molar-refractivity contribution in [3.8, 4) is 0 Å². The molecule has 0 heterocycles. The Hall–Kier alpha value is -1.31. The number of carbonyl (C=O) groups excluding carboxylic acids is 1. The third-order valence-electron chi connectivity index (χ3n) is 2.48. The molecule has 0 aliphatic heterocycles. The Kier molecular flexibility index (Phi) is 7.55. The second-order valence-corrected chi connectivity index (χ2v) is 6.03. The number of nitrogens with one attached hydrogen (secondary N) is 2. The van der Waals surface area contributed by atoms with E-state index in [4.69, 9.17) is 0 Å². The maximum atomic E-state index is 12.0. The summed E-state index contributed by atoms with van der Waals surface area (Å²) in [7, 11) is 0.256. The van der Waals surface area contributed by atoms with E-state index in [0.29, 0.717) is 17.8 Å². The van der Waals surface area contributed by atoms with Crippen LogP contribution in [0.3, 0.4) is 0 Å². The minimum atomic E-state index is -3.29. The number of likely N-dealkylation sites (N-methyl/N-ethyl adjacent to an activating group) is 2. The van der Waals surface area contributed by atoms with Gasteiger partial charge in [0.1, 0.15) is 0 Å². The molecule has 8 heteroatoms. The molecule has 2 N–H and O–H groups in total. The molecule has 114 valence electrons. The Balaban J connectivity index is 0.00000361. The van der Waals surface area contributed by atoms with Gasteiger partial charge in [-0.05, 0) is 31.3 Å². The predicted octanol–water partition coefficient (Wildman–Crippen LogP) is 0.771. The van der Waals surface area contributed by atoms with Crippen molar-refractivity contribution in [3.63, 3.8) is 0 Å². The highest BCUT2D eigenvalue weighted by molar-refractivity contribution is 7.92. The fraction of sp³-hybridized carbons (Fsp3) is 0.417. The van der Waals surface area contributed by atoms with E-state index < -0.39 is 10.0 Å². The van der Waals surface area contributed by atoms with Crippen molar-refractivity contribution in [2.45, 2.75) is 0 Å². The summed E-state index contributed by atoms with van der Waals surface area (Å²) in [6, 6.07) is 6.35. The minimum absolute atomic E-state index is 0. The Labute approximate surface area is 126 Å². The van der Waals surface area contributed by atoms with Crippen molar-refractivity contribution in [2.75, 3.05) is 38.2 Å². The predicted molar refractivity (Wildman–Crippen MR) is 83.0 cm³/mol. The third-order valence-corrected chi connectivity index (χ3v) is 3.09. The van der Waals surface area contributed by atoms with Crippen LogP contribution in [0.15, 0.2) is 24.3 Å². The van der Waals surface area contributed by atoms with Gasteiger partial charge in [0, 0.05) is 31.4 Å². The van der Waals surface area contributed by atoms with E-state index in [1.807, 2.05) is 7.05 Å². The molecule has 0 spiro atoms. The molecule has 0 radical (unpaired) electrons. The quantitative estimate of drug-likeness (QED) is 0.811. The summed E-state index contributed by atoms with van der Waals surface area (Å²) in [5.41, 5.74) is 0.967. The van der Waals surface area contributed by atoms with Crippen LogP contribution in [0.2, 0.25) is 0 Å². The van der Waals surface area contributed by atoms with Gasteiger partial charge in [0.2, 0.25) is 10.0 Å². The van der Waals surface area contributed by atoms with Gasteiger partial charge in [-0.1, -0.05) is 0 Å². The normalized spacial score (nSPS) is 10.6. The molecule has 1 amide bonds. The van der Waals surface area contributed by atoms with Crippen molar-refractivity contribution in [3.05, 3.63) is 29.8 Å². The van der Waals surface area contributed by atoms with E-state index in [1.165, 1.54) is 0 Å². The second-order valence-electron chi connectivity index (χ2n) is 4.28. The van der Waals surface area contributed by atoms with Crippen LogP contribution >= 0.6 is 12.4 Å². The van der Waals surface area contributed by atoms with Crippen LogP contribution in [-0.4, -0.2) is 52.7 Å². The molecule has 0 bridgehead atoms. The van der Waals surface area contributed by atoms with E-state index in [-0.39, 0.29) is 18.3 Å². The Bertz CT molecular complexity index is 531. The van der Waals surface area contributed by atoms with Gasteiger partial charge in [0.25, 0.3) is 5.91 Å². The molecule has 0 saturated heterocycles. The van der Waals surface area contributed by atoms with Gasteiger partial charge < -0.3 is 10.2 Å². The number of carbonyl (C=O) groups is 1. The van der Waals surface area contributed by atoms with Gasteiger partial charge in [0.05, 0.1) is 6.26 Å². The summed E-state index contributed by atoms with van der Waals surface area (Å²) in [6.45, 7) is 1.33. The van der Waals surface area contributed by atoms with Gasteiger partial charge in [-0.3, -0.25) is 9.52 Å². The monoisotopic (exact) mass is 321 g/mol. The first-order valence-electron chi connectivity index (χ1n) is 5.81. The highest BCUT2D eigenvalue weighted by Crippen LogP contribution is 2.12. The summed E-state index contributed by atoms with van der Waals surface area (Å²) >= 11 is 0. The van der Waals surface area contributed by atoms with Crippen LogP contribution < -0.4 is 10.0 Å². The number of hydrogen-bond donors (Lipinski definition) is 2. The molecule has 1 aromatic carbocycles. The van der Waals surface area contributed by atoms with Gasteiger partial charge in [-0.2, -0.15) is 0 Å². The largest absolute Gasteiger partial charge is 0.340 e. The zero-order chi connectivity index (χ0) is 14.5. The highest BCUT2D eigenvalue weighted by atomic mass is 35.5. The van der Waals surface area contributed by atoms with Gasteiger partial charge in [-0.25, -0.2) is 8.42 Å². The number of benzene rings is 1. The number of nitrogens with zero attached hydrogens (tertiary/aromatic N) is 1. The molecule has 0 saturated carbocycles. The topological polar surface area (TPSA) is 78.5 Å². The Morgan fingerprint density at radius 2 is 1.80 bits per heavy atom. The summed E-state index contributed by atoms with van der Waals surface area (Å²) in [4.78, 5) is 13.6. The van der Waals surface area contributed by atoms with Crippen LogP contribution in [0, 0.1) is 0 Å². The van der Waals surface area contributed by atoms with Crippen molar-refractivity contribution in [1.29, 1.82) is 0 Å². The number of halogens is 1. The van der Waals surface area contributed by atoms with Crippen LogP contribution in [0.1, 0.15) is 10.4 Å². The number of amides is 1. The maximum Gasteiger partial charge on any atom is 0.253 e. The average molecular weight is 322 g/mol. The van der Waals surface area contributed by atoms with Gasteiger partial charge in [-0.15, -0.1) is 12.4 Å². The van der Waals surface area contributed by atoms with Crippen LogP contribution in [0.4, 0.5) is 5.69 Å². The van der Waals surface area contributed by atoms with Crippen LogP contribution in [-0.2, 0) is 10.0 Å². The van der Waals surface area contributed by atoms with E-state index in [0.717, 1.165) is 12.8 Å². The first-order chi connectivity index (χ1) is 8.83. The van der Waals surface area contributed by atoms with Crippen LogP contribution in [0.5, 0.6) is 0 Å². The SMILES string of the molecule is CNCCN(C)C(=O)c1ccc(NS(C)(=O)=O)cc1.Cl. The Morgan fingerprint density at radius 1 is 1.25 bits per heavy atom. The van der Waals surface area contributed by atoms with Crippen molar-refractivity contribution < 1.29 is 13.2 Å². The lowest BCUT2D eigenvalue weighted by molar-refractivity contribution is 0.0797. The molecule has 0 unspecified atom stereocenters. The standard InChI is InChI=1S/C12H19N3O3S.ClH/c1-13-8-9-15(2)12(16)10-4-6-11(7-5-10)14-19(3,17)18;/h4-7,13-14H,8-9H2,1-3H3;1H. The molecule has 1 aromatic rings. The lowest BCUT2D eigenvalue weighted by Crippen LogP contribution is -2.32. The zero-order valence-corrected chi connectivity index (χ0v) is 13.3. The molecule has 0 aliphatic carbocycles. The molecule has 20 heavy (non-hydrogen) atoms. The number of sulfonamides is 1. The zero-order valence-electron chi connectivity index (χ0n) is 11.7. The maximum absolute atomic E-state index is 12.0.